The lowest BCUT2D eigenvalue weighted by Crippen LogP contribution is -2.12. The van der Waals surface area contributed by atoms with E-state index in [-0.39, 0.29) is 11.3 Å². The summed E-state index contributed by atoms with van der Waals surface area (Å²) in [7, 11) is 0. The molecule has 0 aliphatic carbocycles. The van der Waals surface area contributed by atoms with Crippen molar-refractivity contribution in [2.24, 2.45) is 0 Å². The van der Waals surface area contributed by atoms with Crippen molar-refractivity contribution in [1.29, 1.82) is 0 Å². The third-order valence-electron chi connectivity index (χ3n) is 2.54. The van der Waals surface area contributed by atoms with Crippen molar-refractivity contribution in [3.63, 3.8) is 0 Å². The number of carboxylic acid groups (broad SMARTS) is 1. The van der Waals surface area contributed by atoms with Gasteiger partial charge in [-0.3, -0.25) is 0 Å². The molecule has 102 valence electrons. The monoisotopic (exact) mass is 272 g/mol. The van der Waals surface area contributed by atoms with Crippen LogP contribution in [0, 0.1) is 0 Å². The number of benzene rings is 1. The number of esters is 1. The summed E-state index contributed by atoms with van der Waals surface area (Å²) in [6, 6.07) is 9.36. The summed E-state index contributed by atoms with van der Waals surface area (Å²) in [5.74, 6) is -1.25. The molecule has 5 heteroatoms. The number of aromatic carboxylic acids is 1. The number of carbonyl (C=O) groups is 2. The molecule has 0 unspecified atom stereocenters. The lowest BCUT2D eigenvalue weighted by Gasteiger charge is -2.07. The maximum absolute atomic E-state index is 11.9. The van der Waals surface area contributed by atoms with Gasteiger partial charge in [0.1, 0.15) is 17.1 Å². The fraction of sp³-hybridized carbons (Fsp3) is 0.0667. The van der Waals surface area contributed by atoms with Crippen LogP contribution in [0.5, 0.6) is 5.75 Å². The molecule has 0 bridgehead atoms. The molecule has 5 nitrogen and oxygen atoms in total. The molecule has 0 aliphatic rings. The smallest absolute Gasteiger partial charge is 0.339 e. The summed E-state index contributed by atoms with van der Waals surface area (Å²) in [5.41, 5.74) is 0.242. The highest BCUT2D eigenvalue weighted by atomic mass is 16.5. The van der Waals surface area contributed by atoms with E-state index in [1.165, 1.54) is 24.5 Å². The van der Waals surface area contributed by atoms with Gasteiger partial charge in [-0.1, -0.05) is 12.1 Å². The van der Waals surface area contributed by atoms with Crippen LogP contribution in [0.1, 0.15) is 23.0 Å². The molecule has 0 fully saturated rings. The Balaban J connectivity index is 2.18. The summed E-state index contributed by atoms with van der Waals surface area (Å²) >= 11 is 0. The Morgan fingerprint density at radius 2 is 1.95 bits per heavy atom. The highest BCUT2D eigenvalue weighted by molar-refractivity contribution is 5.96. The summed E-state index contributed by atoms with van der Waals surface area (Å²) in [6.45, 7) is 1.56. The predicted molar refractivity (Wildman–Crippen MR) is 71.4 cm³/mol. The van der Waals surface area contributed by atoms with Gasteiger partial charge < -0.3 is 14.3 Å². The summed E-state index contributed by atoms with van der Waals surface area (Å²) in [4.78, 5) is 22.9. The molecule has 1 N–H and O–H groups in total. The lowest BCUT2D eigenvalue weighted by molar-refractivity contribution is -0.130. The Kier molecular flexibility index (Phi) is 4.00. The molecule has 2 rings (SSSR count). The number of carboxylic acids is 1. The van der Waals surface area contributed by atoms with Gasteiger partial charge in [0.2, 0.25) is 0 Å². The maximum Gasteiger partial charge on any atom is 0.339 e. The zero-order valence-electron chi connectivity index (χ0n) is 10.7. The highest BCUT2D eigenvalue weighted by Crippen LogP contribution is 2.19. The zero-order chi connectivity index (χ0) is 14.5. The second-order valence-electron chi connectivity index (χ2n) is 4.03. The Labute approximate surface area is 115 Å². The van der Waals surface area contributed by atoms with Crippen LogP contribution in [0.4, 0.5) is 0 Å². The number of hydrogen-bond donors (Lipinski definition) is 1. The molecule has 20 heavy (non-hydrogen) atoms. The van der Waals surface area contributed by atoms with E-state index < -0.39 is 11.9 Å². The molecular formula is C15H12O5. The second-order valence-corrected chi connectivity index (χ2v) is 4.03. The quantitative estimate of drug-likeness (QED) is 0.526. The van der Waals surface area contributed by atoms with Crippen LogP contribution in [-0.4, -0.2) is 17.0 Å². The average Bonchev–Trinajstić information content (AvgIpc) is 2.91. The van der Waals surface area contributed by atoms with E-state index in [0.29, 0.717) is 11.3 Å². The summed E-state index contributed by atoms with van der Waals surface area (Å²) < 4.78 is 10.2. The van der Waals surface area contributed by atoms with Crippen LogP contribution in [0.3, 0.4) is 0 Å². The third kappa shape index (κ3) is 3.14. The highest BCUT2D eigenvalue weighted by Gasteiger charge is 2.15. The van der Waals surface area contributed by atoms with E-state index in [2.05, 4.69) is 0 Å². The fourth-order valence-electron chi connectivity index (χ4n) is 1.56. The second kappa shape index (κ2) is 5.88. The van der Waals surface area contributed by atoms with Gasteiger partial charge in [0, 0.05) is 5.57 Å². The third-order valence-corrected chi connectivity index (χ3v) is 2.54. The molecule has 1 aromatic carbocycles. The standard InChI is InChI=1S/C15H12O5/c1-10(9-11-5-4-8-19-11)15(18)20-13-7-3-2-6-12(13)14(16)17/h2-9H,1H3,(H,16,17). The molecule has 0 amide bonds. The van der Waals surface area contributed by atoms with Crippen LogP contribution >= 0.6 is 0 Å². The summed E-state index contributed by atoms with van der Waals surface area (Å²) in [5, 5.41) is 9.00. The first-order valence-electron chi connectivity index (χ1n) is 5.84. The normalized spacial score (nSPS) is 11.2. The van der Waals surface area contributed by atoms with E-state index in [9.17, 15) is 9.59 Å². The van der Waals surface area contributed by atoms with Crippen molar-refractivity contribution in [2.75, 3.05) is 0 Å². The predicted octanol–water partition coefficient (Wildman–Crippen LogP) is 2.99. The van der Waals surface area contributed by atoms with Crippen LogP contribution in [0.15, 0.2) is 52.7 Å². The Hall–Kier alpha value is -2.82. The molecule has 0 saturated carbocycles. The molecule has 1 aromatic heterocycles. The van der Waals surface area contributed by atoms with Crippen LogP contribution < -0.4 is 4.74 Å². The van der Waals surface area contributed by atoms with Gasteiger partial charge in [-0.25, -0.2) is 9.59 Å². The number of hydrogen-bond acceptors (Lipinski definition) is 4. The SMILES string of the molecule is CC(=Cc1ccco1)C(=O)Oc1ccccc1C(=O)O. The molecule has 0 saturated heterocycles. The topological polar surface area (TPSA) is 76.7 Å². The largest absolute Gasteiger partial charge is 0.478 e. The number of ether oxygens (including phenoxy) is 1. The van der Waals surface area contributed by atoms with Crippen molar-refractivity contribution < 1.29 is 23.8 Å². The minimum atomic E-state index is -1.15. The maximum atomic E-state index is 11.9. The van der Waals surface area contributed by atoms with Gasteiger partial charge in [0.15, 0.2) is 0 Å². The van der Waals surface area contributed by atoms with Gasteiger partial charge in [-0.15, -0.1) is 0 Å². The van der Waals surface area contributed by atoms with Gasteiger partial charge in [-0.2, -0.15) is 0 Å². The van der Waals surface area contributed by atoms with Gasteiger partial charge in [-0.05, 0) is 37.3 Å². The number of para-hydroxylation sites is 1. The first-order valence-corrected chi connectivity index (χ1v) is 5.84. The average molecular weight is 272 g/mol. The van der Waals surface area contributed by atoms with Crippen molar-refractivity contribution in [2.45, 2.75) is 6.92 Å². The van der Waals surface area contributed by atoms with Crippen LogP contribution in [0.25, 0.3) is 6.08 Å². The Morgan fingerprint density at radius 3 is 2.60 bits per heavy atom. The molecule has 0 radical (unpaired) electrons. The van der Waals surface area contributed by atoms with Crippen molar-refractivity contribution in [1.82, 2.24) is 0 Å². The van der Waals surface area contributed by atoms with Gasteiger partial charge in [0.25, 0.3) is 0 Å². The molecular weight excluding hydrogens is 260 g/mol. The number of rotatable bonds is 4. The van der Waals surface area contributed by atoms with Crippen LogP contribution in [0.2, 0.25) is 0 Å². The zero-order valence-corrected chi connectivity index (χ0v) is 10.7. The molecule has 0 aliphatic heterocycles. The number of furan rings is 1. The van der Waals surface area contributed by atoms with Gasteiger partial charge >= 0.3 is 11.9 Å². The van der Waals surface area contributed by atoms with E-state index in [1.54, 1.807) is 31.2 Å². The fourth-order valence-corrected chi connectivity index (χ4v) is 1.56. The van der Waals surface area contributed by atoms with E-state index in [1.807, 2.05) is 0 Å². The molecule has 0 spiro atoms. The Bertz CT molecular complexity index is 653. The first-order chi connectivity index (χ1) is 9.58. The minimum Gasteiger partial charge on any atom is -0.478 e. The molecule has 1 heterocycles. The molecule has 0 atom stereocenters. The minimum absolute atomic E-state index is 0.0113. The first kappa shape index (κ1) is 13.6. The van der Waals surface area contributed by atoms with Crippen LogP contribution in [-0.2, 0) is 4.79 Å². The van der Waals surface area contributed by atoms with Crippen molar-refractivity contribution >= 4 is 18.0 Å². The Morgan fingerprint density at radius 1 is 1.20 bits per heavy atom. The van der Waals surface area contributed by atoms with Gasteiger partial charge in [0.05, 0.1) is 6.26 Å². The van der Waals surface area contributed by atoms with E-state index in [4.69, 9.17) is 14.3 Å². The number of carbonyl (C=O) groups excluding carboxylic acids is 1. The van der Waals surface area contributed by atoms with E-state index in [0.717, 1.165) is 0 Å². The summed E-state index contributed by atoms with van der Waals surface area (Å²) in [6.07, 6.45) is 3.01. The molecule has 2 aromatic rings. The van der Waals surface area contributed by atoms with E-state index >= 15 is 0 Å². The van der Waals surface area contributed by atoms with Crippen molar-refractivity contribution in [3.8, 4) is 5.75 Å². The van der Waals surface area contributed by atoms with Crippen molar-refractivity contribution in [3.05, 3.63) is 59.6 Å². The lowest BCUT2D eigenvalue weighted by atomic mass is 10.2.